The molecule has 0 aliphatic carbocycles. The van der Waals surface area contributed by atoms with Crippen LogP contribution in [0.4, 0.5) is 4.39 Å². The summed E-state index contributed by atoms with van der Waals surface area (Å²) in [5.74, 6) is 6.23. The Kier molecular flexibility index (Phi) is 4.66. The summed E-state index contributed by atoms with van der Waals surface area (Å²) in [6.07, 6.45) is 0. The summed E-state index contributed by atoms with van der Waals surface area (Å²) in [4.78, 5) is 2.31. The highest BCUT2D eigenvalue weighted by Gasteiger charge is 2.36. The quantitative estimate of drug-likeness (QED) is 0.634. The van der Waals surface area contributed by atoms with Gasteiger partial charge in [-0.25, -0.2) is 9.82 Å². The molecule has 2 aromatic rings. The molecule has 0 amide bonds. The molecule has 4 nitrogen and oxygen atoms in total. The lowest BCUT2D eigenvalue weighted by molar-refractivity contribution is 0.0827. The Morgan fingerprint density at radius 3 is 2.52 bits per heavy atom. The van der Waals surface area contributed by atoms with E-state index in [0.29, 0.717) is 5.58 Å². The minimum atomic E-state index is -0.268. The van der Waals surface area contributed by atoms with Gasteiger partial charge in [0.05, 0.1) is 6.04 Å². The van der Waals surface area contributed by atoms with E-state index in [1.165, 1.54) is 12.1 Å². The third-order valence-electron chi connectivity index (χ3n) is 4.23. The summed E-state index contributed by atoms with van der Waals surface area (Å²) in [7, 11) is 0. The highest BCUT2D eigenvalue weighted by molar-refractivity contribution is 5.78. The number of nitrogens with one attached hydrogen (secondary N) is 1. The van der Waals surface area contributed by atoms with Crippen LogP contribution < -0.4 is 11.3 Å². The van der Waals surface area contributed by atoms with E-state index in [1.54, 1.807) is 6.07 Å². The van der Waals surface area contributed by atoms with E-state index >= 15 is 0 Å². The van der Waals surface area contributed by atoms with Crippen LogP contribution in [0.25, 0.3) is 11.0 Å². The zero-order valence-electron chi connectivity index (χ0n) is 13.1. The molecule has 2 rings (SSSR count). The van der Waals surface area contributed by atoms with Crippen molar-refractivity contribution in [2.24, 2.45) is 5.84 Å². The Balaban J connectivity index is 2.43. The first kappa shape index (κ1) is 15.9. The predicted octanol–water partition coefficient (Wildman–Crippen LogP) is 3.20. The normalized spacial score (nSPS) is 14.0. The third-order valence-corrected chi connectivity index (χ3v) is 4.23. The van der Waals surface area contributed by atoms with E-state index in [2.05, 4.69) is 38.0 Å². The molecule has 0 radical (unpaired) electrons. The third kappa shape index (κ3) is 2.95. The largest absolute Gasteiger partial charge is 0.459 e. The van der Waals surface area contributed by atoms with Crippen LogP contribution in [0.2, 0.25) is 0 Å². The second-order valence-electron chi connectivity index (χ2n) is 5.76. The number of benzene rings is 1. The average molecular weight is 293 g/mol. The number of fused-ring (bicyclic) bond motifs is 1. The molecule has 1 aromatic carbocycles. The maximum atomic E-state index is 13.3. The Labute approximate surface area is 125 Å². The highest BCUT2D eigenvalue weighted by Crippen LogP contribution is 2.33. The number of furan rings is 1. The van der Waals surface area contributed by atoms with Crippen molar-refractivity contribution in [3.8, 4) is 0 Å². The van der Waals surface area contributed by atoms with Crippen LogP contribution in [0.5, 0.6) is 0 Å². The van der Waals surface area contributed by atoms with E-state index in [1.807, 2.05) is 6.07 Å². The molecule has 3 N–H and O–H groups in total. The Bertz CT molecular complexity index is 605. The van der Waals surface area contributed by atoms with Gasteiger partial charge in [-0.1, -0.05) is 13.8 Å². The number of nitrogens with two attached hydrogens (primary N) is 1. The molecule has 1 heterocycles. The van der Waals surface area contributed by atoms with Crippen molar-refractivity contribution in [1.29, 1.82) is 0 Å². The molecule has 0 spiro atoms. The van der Waals surface area contributed by atoms with Crippen molar-refractivity contribution >= 4 is 11.0 Å². The lowest BCUT2D eigenvalue weighted by atomic mass is 9.90. The van der Waals surface area contributed by atoms with Crippen LogP contribution in [-0.2, 0) is 0 Å². The summed E-state index contributed by atoms with van der Waals surface area (Å²) < 4.78 is 19.2. The van der Waals surface area contributed by atoms with Crippen molar-refractivity contribution in [3.05, 3.63) is 35.8 Å². The molecular formula is C16H24FN3O. The van der Waals surface area contributed by atoms with Gasteiger partial charge >= 0.3 is 0 Å². The van der Waals surface area contributed by atoms with Gasteiger partial charge in [-0.2, -0.15) is 0 Å². The molecular weight excluding hydrogens is 269 g/mol. The fourth-order valence-electron chi connectivity index (χ4n) is 3.03. The standard InChI is InChI=1S/C16H24FN3O/c1-5-20(6-2)16(3,4)15(19-18)14-10-11-9-12(17)7-8-13(11)21-14/h7-10,15,19H,5-6,18H2,1-4H3. The van der Waals surface area contributed by atoms with Gasteiger partial charge in [0.25, 0.3) is 0 Å². The summed E-state index contributed by atoms with van der Waals surface area (Å²) in [6.45, 7) is 10.3. The molecule has 116 valence electrons. The Morgan fingerprint density at radius 1 is 1.29 bits per heavy atom. The molecule has 5 heteroatoms. The minimum Gasteiger partial charge on any atom is -0.459 e. The van der Waals surface area contributed by atoms with Gasteiger partial charge < -0.3 is 4.42 Å². The summed E-state index contributed by atoms with van der Waals surface area (Å²) in [5.41, 5.74) is 3.29. The fraction of sp³-hybridized carbons (Fsp3) is 0.500. The maximum Gasteiger partial charge on any atom is 0.134 e. The van der Waals surface area contributed by atoms with E-state index in [-0.39, 0.29) is 17.4 Å². The maximum absolute atomic E-state index is 13.3. The zero-order valence-corrected chi connectivity index (χ0v) is 13.1. The fourth-order valence-corrected chi connectivity index (χ4v) is 3.03. The van der Waals surface area contributed by atoms with Gasteiger partial charge in [-0.15, -0.1) is 0 Å². The van der Waals surface area contributed by atoms with Gasteiger partial charge in [-0.3, -0.25) is 10.7 Å². The lowest BCUT2D eigenvalue weighted by Gasteiger charge is -2.42. The second-order valence-corrected chi connectivity index (χ2v) is 5.76. The summed E-state index contributed by atoms with van der Waals surface area (Å²) >= 11 is 0. The molecule has 0 bridgehead atoms. The summed E-state index contributed by atoms with van der Waals surface area (Å²) in [6, 6.07) is 6.18. The summed E-state index contributed by atoms with van der Waals surface area (Å²) in [5, 5.41) is 0.751. The van der Waals surface area contributed by atoms with E-state index in [0.717, 1.165) is 24.2 Å². The first-order valence-electron chi connectivity index (χ1n) is 7.34. The number of rotatable bonds is 6. The first-order chi connectivity index (χ1) is 9.93. The monoisotopic (exact) mass is 293 g/mol. The molecule has 0 fully saturated rings. The number of hydrazine groups is 1. The van der Waals surface area contributed by atoms with Crippen LogP contribution >= 0.6 is 0 Å². The topological polar surface area (TPSA) is 54.4 Å². The van der Waals surface area contributed by atoms with Crippen LogP contribution in [0.15, 0.2) is 28.7 Å². The Morgan fingerprint density at radius 2 is 1.95 bits per heavy atom. The average Bonchev–Trinajstić information content (AvgIpc) is 2.82. The number of hydrogen-bond donors (Lipinski definition) is 2. The van der Waals surface area contributed by atoms with Crippen LogP contribution in [0.3, 0.4) is 0 Å². The van der Waals surface area contributed by atoms with Gasteiger partial charge in [0, 0.05) is 10.9 Å². The van der Waals surface area contributed by atoms with Gasteiger partial charge in [0.1, 0.15) is 17.2 Å². The van der Waals surface area contributed by atoms with Crippen molar-refractivity contribution in [1.82, 2.24) is 10.3 Å². The van der Waals surface area contributed by atoms with E-state index in [4.69, 9.17) is 10.3 Å². The van der Waals surface area contributed by atoms with Crippen molar-refractivity contribution in [2.75, 3.05) is 13.1 Å². The number of halogens is 1. The second kappa shape index (κ2) is 6.13. The molecule has 1 aromatic heterocycles. The van der Waals surface area contributed by atoms with Crippen molar-refractivity contribution < 1.29 is 8.81 Å². The number of hydrogen-bond acceptors (Lipinski definition) is 4. The molecule has 0 aliphatic rings. The van der Waals surface area contributed by atoms with Crippen LogP contribution in [-0.4, -0.2) is 23.5 Å². The van der Waals surface area contributed by atoms with E-state index < -0.39 is 0 Å². The SMILES string of the molecule is CCN(CC)C(C)(C)C(NN)c1cc2cc(F)ccc2o1. The first-order valence-corrected chi connectivity index (χ1v) is 7.34. The lowest BCUT2D eigenvalue weighted by Crippen LogP contribution is -2.54. The van der Waals surface area contributed by atoms with Crippen LogP contribution in [0, 0.1) is 5.82 Å². The smallest absolute Gasteiger partial charge is 0.134 e. The molecule has 21 heavy (non-hydrogen) atoms. The minimum absolute atomic E-state index is 0.187. The molecule has 0 saturated heterocycles. The van der Waals surface area contributed by atoms with Crippen molar-refractivity contribution in [3.63, 3.8) is 0 Å². The highest BCUT2D eigenvalue weighted by atomic mass is 19.1. The molecule has 0 aliphatic heterocycles. The molecule has 1 unspecified atom stereocenters. The molecule has 0 saturated carbocycles. The van der Waals surface area contributed by atoms with Gasteiger partial charge in [0.15, 0.2) is 0 Å². The van der Waals surface area contributed by atoms with Crippen molar-refractivity contribution in [2.45, 2.75) is 39.3 Å². The molecule has 1 atom stereocenters. The number of nitrogens with zero attached hydrogens (tertiary/aromatic N) is 1. The number of likely N-dealkylation sites (N-methyl/N-ethyl adjacent to an activating group) is 1. The van der Waals surface area contributed by atoms with Gasteiger partial charge in [-0.05, 0) is 51.2 Å². The zero-order chi connectivity index (χ0) is 15.6. The van der Waals surface area contributed by atoms with Gasteiger partial charge in [0.2, 0.25) is 0 Å². The van der Waals surface area contributed by atoms with Crippen LogP contribution in [0.1, 0.15) is 39.5 Å². The predicted molar refractivity (Wildman–Crippen MR) is 83.2 cm³/mol. The van der Waals surface area contributed by atoms with E-state index in [9.17, 15) is 4.39 Å². The Hall–Kier alpha value is -1.43.